The van der Waals surface area contributed by atoms with E-state index < -0.39 is 0 Å². The highest BCUT2D eigenvalue weighted by atomic mass is 32.1. The molecule has 1 heterocycles. The topological polar surface area (TPSA) is 40.6 Å². The molecule has 0 unspecified atom stereocenters. The normalized spacial score (nSPS) is 11.2. The van der Waals surface area contributed by atoms with Crippen LogP contribution in [0.3, 0.4) is 0 Å². The molecule has 0 atom stereocenters. The lowest BCUT2D eigenvalue weighted by molar-refractivity contribution is -0.108. The zero-order chi connectivity index (χ0) is 11.1. The number of rotatable bonds is 7. The van der Waals surface area contributed by atoms with Crippen molar-refractivity contribution in [2.24, 2.45) is 0 Å². The summed E-state index contributed by atoms with van der Waals surface area (Å²) >= 11 is 1.56. The fourth-order valence-corrected chi connectivity index (χ4v) is 1.87. The Labute approximate surface area is 94.2 Å². The van der Waals surface area contributed by atoms with Gasteiger partial charge in [0.05, 0.1) is 6.61 Å². The van der Waals surface area contributed by atoms with E-state index >= 15 is 0 Å². The van der Waals surface area contributed by atoms with Crippen molar-refractivity contribution >= 4 is 11.3 Å². The second-order valence-electron chi connectivity index (χ2n) is 3.02. The van der Waals surface area contributed by atoms with Gasteiger partial charge in [0.1, 0.15) is 10.7 Å². The van der Waals surface area contributed by atoms with Crippen molar-refractivity contribution in [3.63, 3.8) is 0 Å². The first-order valence-electron chi connectivity index (χ1n) is 4.89. The van der Waals surface area contributed by atoms with Crippen LogP contribution < -0.4 is 0 Å². The van der Waals surface area contributed by atoms with Gasteiger partial charge in [-0.15, -0.1) is 11.3 Å². The van der Waals surface area contributed by atoms with Crippen molar-refractivity contribution in [3.05, 3.63) is 16.1 Å². The number of aromatic nitrogens is 1. The van der Waals surface area contributed by atoms with Gasteiger partial charge < -0.3 is 14.2 Å². The van der Waals surface area contributed by atoms with Gasteiger partial charge in [0.25, 0.3) is 0 Å². The largest absolute Gasteiger partial charge is 0.374 e. The van der Waals surface area contributed by atoms with Crippen LogP contribution in [0.25, 0.3) is 0 Å². The van der Waals surface area contributed by atoms with Crippen molar-refractivity contribution in [1.82, 2.24) is 4.98 Å². The molecule has 0 N–H and O–H groups in total. The van der Waals surface area contributed by atoms with Crippen LogP contribution in [0, 0.1) is 0 Å². The van der Waals surface area contributed by atoms with Gasteiger partial charge in [0.15, 0.2) is 0 Å². The van der Waals surface area contributed by atoms with Gasteiger partial charge in [-0.05, 0) is 6.42 Å². The molecule has 5 heteroatoms. The predicted octanol–water partition coefficient (Wildman–Crippen LogP) is 2.36. The lowest BCUT2D eigenvalue weighted by Gasteiger charge is -2.09. The summed E-state index contributed by atoms with van der Waals surface area (Å²) in [4.78, 5) is 4.37. The summed E-state index contributed by atoms with van der Waals surface area (Å²) in [6.07, 6.45) is 0.651. The molecule has 0 amide bonds. The summed E-state index contributed by atoms with van der Waals surface area (Å²) < 4.78 is 15.6. The smallest absolute Gasteiger partial charge is 0.201 e. The lowest BCUT2D eigenvalue weighted by atomic mass is 10.5. The Kier molecular flexibility index (Phi) is 5.78. The van der Waals surface area contributed by atoms with Gasteiger partial charge >= 0.3 is 0 Å². The van der Waals surface area contributed by atoms with E-state index in [1.54, 1.807) is 25.6 Å². The monoisotopic (exact) mass is 231 g/mol. The summed E-state index contributed by atoms with van der Waals surface area (Å²) in [6, 6.07) is 0. The van der Waals surface area contributed by atoms with Crippen LogP contribution in [0.15, 0.2) is 5.38 Å². The summed E-state index contributed by atoms with van der Waals surface area (Å²) in [5.41, 5.74) is 0.806. The molecule has 15 heavy (non-hydrogen) atoms. The maximum atomic E-state index is 5.40. The molecule has 0 aliphatic heterocycles. The highest BCUT2D eigenvalue weighted by Gasteiger charge is 2.12. The maximum Gasteiger partial charge on any atom is 0.201 e. The molecule has 0 aliphatic rings. The SMILES string of the molecule is CCCOCc1nc(C(OC)OC)cs1. The highest BCUT2D eigenvalue weighted by Crippen LogP contribution is 2.20. The third-order valence-corrected chi connectivity index (χ3v) is 2.65. The maximum absolute atomic E-state index is 5.40. The average molecular weight is 231 g/mol. The fraction of sp³-hybridized carbons (Fsp3) is 0.700. The van der Waals surface area contributed by atoms with Crippen LogP contribution in [0.4, 0.5) is 0 Å². The van der Waals surface area contributed by atoms with Gasteiger partial charge in [-0.25, -0.2) is 4.98 Å². The van der Waals surface area contributed by atoms with E-state index in [9.17, 15) is 0 Å². The van der Waals surface area contributed by atoms with Crippen LogP contribution in [0.1, 0.15) is 30.3 Å². The van der Waals surface area contributed by atoms with Gasteiger partial charge in [0, 0.05) is 26.2 Å². The third-order valence-electron chi connectivity index (χ3n) is 1.81. The molecule has 0 aromatic carbocycles. The molecule has 0 saturated heterocycles. The Morgan fingerprint density at radius 2 is 2.13 bits per heavy atom. The molecule has 1 aromatic rings. The molecule has 0 aliphatic carbocycles. The quantitative estimate of drug-likeness (QED) is 0.533. The second-order valence-corrected chi connectivity index (χ2v) is 3.96. The first kappa shape index (κ1) is 12.6. The first-order chi connectivity index (χ1) is 7.31. The molecule has 0 radical (unpaired) electrons. The van der Waals surface area contributed by atoms with Crippen molar-refractivity contribution < 1.29 is 14.2 Å². The van der Waals surface area contributed by atoms with Crippen molar-refractivity contribution in [3.8, 4) is 0 Å². The number of thiazole rings is 1. The van der Waals surface area contributed by atoms with Crippen LogP contribution in [-0.4, -0.2) is 25.8 Å². The van der Waals surface area contributed by atoms with Gasteiger partial charge in [-0.2, -0.15) is 0 Å². The predicted molar refractivity (Wildman–Crippen MR) is 58.8 cm³/mol. The third kappa shape index (κ3) is 3.87. The molecular formula is C10H17NO3S. The van der Waals surface area contributed by atoms with E-state index in [1.165, 1.54) is 0 Å². The van der Waals surface area contributed by atoms with E-state index in [2.05, 4.69) is 11.9 Å². The van der Waals surface area contributed by atoms with Crippen molar-refractivity contribution in [2.75, 3.05) is 20.8 Å². The van der Waals surface area contributed by atoms with Crippen LogP contribution >= 0.6 is 11.3 Å². The summed E-state index contributed by atoms with van der Waals surface area (Å²) in [6.45, 7) is 3.42. The zero-order valence-electron chi connectivity index (χ0n) is 9.36. The molecule has 0 spiro atoms. The van der Waals surface area contributed by atoms with Gasteiger partial charge in [-0.3, -0.25) is 0 Å². The van der Waals surface area contributed by atoms with Crippen LogP contribution in [0.5, 0.6) is 0 Å². The van der Waals surface area contributed by atoms with Crippen LogP contribution in [0.2, 0.25) is 0 Å². The van der Waals surface area contributed by atoms with E-state index in [0.717, 1.165) is 23.7 Å². The Balaban J connectivity index is 2.47. The summed E-state index contributed by atoms with van der Waals surface area (Å²) in [5.74, 6) is 0. The number of ether oxygens (including phenoxy) is 3. The van der Waals surface area contributed by atoms with Crippen LogP contribution in [-0.2, 0) is 20.8 Å². The minimum Gasteiger partial charge on any atom is -0.374 e. The van der Waals surface area contributed by atoms with E-state index in [-0.39, 0.29) is 6.29 Å². The lowest BCUT2D eigenvalue weighted by Crippen LogP contribution is -2.04. The standard InChI is InChI=1S/C10H17NO3S/c1-4-5-14-6-9-11-8(7-15-9)10(12-2)13-3/h7,10H,4-6H2,1-3H3. The van der Waals surface area contributed by atoms with Crippen molar-refractivity contribution in [1.29, 1.82) is 0 Å². The second kappa shape index (κ2) is 6.90. The number of hydrogen-bond donors (Lipinski definition) is 0. The molecule has 4 nitrogen and oxygen atoms in total. The molecule has 0 saturated carbocycles. The minimum atomic E-state index is -0.374. The van der Waals surface area contributed by atoms with E-state index in [1.807, 2.05) is 5.38 Å². The molecule has 0 fully saturated rings. The van der Waals surface area contributed by atoms with Crippen molar-refractivity contribution in [2.45, 2.75) is 26.2 Å². The number of hydrogen-bond acceptors (Lipinski definition) is 5. The molecule has 0 bridgehead atoms. The Bertz CT molecular complexity index is 273. The van der Waals surface area contributed by atoms with Gasteiger partial charge in [0.2, 0.25) is 6.29 Å². The van der Waals surface area contributed by atoms with E-state index in [4.69, 9.17) is 14.2 Å². The fourth-order valence-electron chi connectivity index (χ4n) is 1.14. The average Bonchev–Trinajstić information content (AvgIpc) is 2.69. The Morgan fingerprint density at radius 3 is 2.73 bits per heavy atom. The summed E-state index contributed by atoms with van der Waals surface area (Å²) in [5, 5.41) is 2.89. The highest BCUT2D eigenvalue weighted by molar-refractivity contribution is 7.09. The minimum absolute atomic E-state index is 0.374. The Morgan fingerprint density at radius 1 is 1.40 bits per heavy atom. The molecular weight excluding hydrogens is 214 g/mol. The molecule has 1 aromatic heterocycles. The number of methoxy groups -OCH3 is 2. The van der Waals surface area contributed by atoms with Gasteiger partial charge in [-0.1, -0.05) is 6.92 Å². The zero-order valence-corrected chi connectivity index (χ0v) is 10.2. The molecule has 86 valence electrons. The number of nitrogens with zero attached hydrogens (tertiary/aromatic N) is 1. The van der Waals surface area contributed by atoms with E-state index in [0.29, 0.717) is 6.61 Å². The molecule has 1 rings (SSSR count). The summed E-state index contributed by atoms with van der Waals surface area (Å²) in [7, 11) is 3.20. The first-order valence-corrected chi connectivity index (χ1v) is 5.77. The Hall–Kier alpha value is -0.490.